The van der Waals surface area contributed by atoms with Gasteiger partial charge in [-0.25, -0.2) is 0 Å². The third-order valence-corrected chi connectivity index (χ3v) is 5.52. The average Bonchev–Trinajstić information content (AvgIpc) is 3.21. The lowest BCUT2D eigenvalue weighted by molar-refractivity contribution is -0.134. The monoisotopic (exact) mass is 399 g/mol. The Hall–Kier alpha value is -2.61. The van der Waals surface area contributed by atoms with Crippen molar-refractivity contribution in [1.29, 1.82) is 0 Å². The molecule has 1 aromatic carbocycles. The molecule has 8 heteroatoms. The second kappa shape index (κ2) is 9.26. The first-order valence-corrected chi connectivity index (χ1v) is 10.5. The van der Waals surface area contributed by atoms with Crippen LogP contribution in [0.15, 0.2) is 24.3 Å². The number of aromatic nitrogens is 3. The maximum atomic E-state index is 12.5. The summed E-state index contributed by atoms with van der Waals surface area (Å²) >= 11 is 0. The van der Waals surface area contributed by atoms with E-state index in [9.17, 15) is 4.79 Å². The predicted molar refractivity (Wildman–Crippen MR) is 108 cm³/mol. The molecule has 29 heavy (non-hydrogen) atoms. The molecule has 0 aliphatic carbocycles. The lowest BCUT2D eigenvalue weighted by atomic mass is 9.95. The number of fused-ring (bicyclic) bond motifs is 1. The van der Waals surface area contributed by atoms with Crippen molar-refractivity contribution in [3.05, 3.63) is 35.9 Å². The minimum Gasteiger partial charge on any atom is -0.494 e. The fourth-order valence-corrected chi connectivity index (χ4v) is 3.89. The molecule has 0 bridgehead atoms. The van der Waals surface area contributed by atoms with Gasteiger partial charge in [-0.1, -0.05) is 6.92 Å². The van der Waals surface area contributed by atoms with Crippen LogP contribution in [0.4, 0.5) is 0 Å². The van der Waals surface area contributed by atoms with E-state index in [1.165, 1.54) is 0 Å². The number of nitrogens with one attached hydrogen (secondary N) is 1. The minimum absolute atomic E-state index is 0.0298. The van der Waals surface area contributed by atoms with Gasteiger partial charge in [-0.3, -0.25) is 4.79 Å². The summed E-state index contributed by atoms with van der Waals surface area (Å²) in [4.78, 5) is 14.4. The van der Waals surface area contributed by atoms with Crippen molar-refractivity contribution in [2.24, 2.45) is 0 Å². The van der Waals surface area contributed by atoms with E-state index in [-0.39, 0.29) is 12.5 Å². The number of hydrogen-bond donors (Lipinski definition) is 1. The normalized spacial score (nSPS) is 17.1. The summed E-state index contributed by atoms with van der Waals surface area (Å²) in [7, 11) is 0. The number of carbonyl (C=O) groups excluding carboxylic acids is 1. The van der Waals surface area contributed by atoms with E-state index in [4.69, 9.17) is 9.47 Å². The van der Waals surface area contributed by atoms with Crippen LogP contribution in [0.2, 0.25) is 0 Å². The first-order chi connectivity index (χ1) is 14.2. The molecule has 1 aromatic heterocycles. The van der Waals surface area contributed by atoms with Crippen molar-refractivity contribution < 1.29 is 14.3 Å². The Morgan fingerprint density at radius 2 is 1.83 bits per heavy atom. The van der Waals surface area contributed by atoms with E-state index in [1.807, 2.05) is 29.2 Å². The zero-order valence-electron chi connectivity index (χ0n) is 17.0. The van der Waals surface area contributed by atoms with Crippen LogP contribution in [0.25, 0.3) is 0 Å². The highest BCUT2D eigenvalue weighted by Crippen LogP contribution is 2.28. The third-order valence-electron chi connectivity index (χ3n) is 5.52. The molecule has 0 unspecified atom stereocenters. The molecule has 4 rings (SSSR count). The smallest absolute Gasteiger partial charge is 0.260 e. The van der Waals surface area contributed by atoms with Gasteiger partial charge in [0.05, 0.1) is 13.2 Å². The number of amides is 1. The SMILES string of the molecule is CCCOc1ccc(OCC(=O)N2CCC(c3nnc4n3CCNC4)CC2)cc1. The van der Waals surface area contributed by atoms with E-state index in [1.54, 1.807) is 0 Å². The summed E-state index contributed by atoms with van der Waals surface area (Å²) in [5.41, 5.74) is 0. The summed E-state index contributed by atoms with van der Waals surface area (Å²) in [5, 5.41) is 12.1. The predicted octanol–water partition coefficient (Wildman–Crippen LogP) is 1.96. The summed E-state index contributed by atoms with van der Waals surface area (Å²) < 4.78 is 13.5. The van der Waals surface area contributed by atoms with Crippen LogP contribution in [-0.4, -0.2) is 58.4 Å². The lowest BCUT2D eigenvalue weighted by Gasteiger charge is -2.32. The maximum absolute atomic E-state index is 12.5. The highest BCUT2D eigenvalue weighted by Gasteiger charge is 2.28. The van der Waals surface area contributed by atoms with E-state index in [2.05, 4.69) is 27.0 Å². The Bertz CT molecular complexity index is 812. The van der Waals surface area contributed by atoms with Gasteiger partial charge in [-0.15, -0.1) is 10.2 Å². The molecule has 1 N–H and O–H groups in total. The molecule has 3 heterocycles. The number of ether oxygens (including phenoxy) is 2. The van der Waals surface area contributed by atoms with Crippen LogP contribution in [-0.2, 0) is 17.9 Å². The molecule has 1 fully saturated rings. The van der Waals surface area contributed by atoms with Gasteiger partial charge >= 0.3 is 0 Å². The molecular formula is C21H29N5O3. The van der Waals surface area contributed by atoms with Crippen molar-refractivity contribution in [3.8, 4) is 11.5 Å². The maximum Gasteiger partial charge on any atom is 0.260 e. The van der Waals surface area contributed by atoms with Crippen LogP contribution < -0.4 is 14.8 Å². The molecule has 156 valence electrons. The standard InChI is InChI=1S/C21H29N5O3/c1-2-13-28-17-3-5-18(6-4-17)29-15-20(27)25-10-7-16(8-11-25)21-24-23-19-14-22-9-12-26(19)21/h3-6,16,22H,2,7-15H2,1H3. The quantitative estimate of drug-likeness (QED) is 0.767. The second-order valence-corrected chi connectivity index (χ2v) is 7.57. The number of benzene rings is 1. The van der Waals surface area contributed by atoms with Crippen LogP contribution in [0.1, 0.15) is 43.8 Å². The van der Waals surface area contributed by atoms with E-state index < -0.39 is 0 Å². The highest BCUT2D eigenvalue weighted by molar-refractivity contribution is 5.77. The van der Waals surface area contributed by atoms with Crippen molar-refractivity contribution in [3.63, 3.8) is 0 Å². The van der Waals surface area contributed by atoms with Gasteiger partial charge in [0, 0.05) is 32.1 Å². The molecule has 2 aliphatic rings. The number of hydrogen-bond acceptors (Lipinski definition) is 6. The van der Waals surface area contributed by atoms with Crippen LogP contribution in [0, 0.1) is 0 Å². The Morgan fingerprint density at radius 1 is 1.10 bits per heavy atom. The van der Waals surface area contributed by atoms with Crippen molar-refractivity contribution >= 4 is 5.91 Å². The molecule has 0 radical (unpaired) electrons. The Morgan fingerprint density at radius 3 is 2.55 bits per heavy atom. The zero-order valence-corrected chi connectivity index (χ0v) is 17.0. The van der Waals surface area contributed by atoms with Crippen molar-refractivity contribution in [2.75, 3.05) is 32.8 Å². The molecule has 1 amide bonds. The van der Waals surface area contributed by atoms with Gasteiger partial charge in [-0.2, -0.15) is 0 Å². The molecular weight excluding hydrogens is 370 g/mol. The van der Waals surface area contributed by atoms with Gasteiger partial charge < -0.3 is 24.3 Å². The molecule has 1 saturated heterocycles. The molecule has 0 atom stereocenters. The minimum atomic E-state index is 0.0298. The molecule has 0 spiro atoms. The zero-order chi connectivity index (χ0) is 20.1. The topological polar surface area (TPSA) is 81.5 Å². The van der Waals surface area contributed by atoms with Crippen molar-refractivity contribution in [2.45, 2.75) is 45.2 Å². The van der Waals surface area contributed by atoms with E-state index >= 15 is 0 Å². The second-order valence-electron chi connectivity index (χ2n) is 7.57. The number of piperidine rings is 1. The van der Waals surface area contributed by atoms with Gasteiger partial charge in [0.15, 0.2) is 6.61 Å². The fourth-order valence-electron chi connectivity index (χ4n) is 3.89. The number of carbonyl (C=O) groups is 1. The Balaban J connectivity index is 1.24. The summed E-state index contributed by atoms with van der Waals surface area (Å²) in [6.45, 7) is 6.96. The Labute approximate surface area is 171 Å². The molecule has 0 saturated carbocycles. The van der Waals surface area contributed by atoms with Crippen LogP contribution in [0.5, 0.6) is 11.5 Å². The van der Waals surface area contributed by atoms with Gasteiger partial charge in [-0.05, 0) is 43.5 Å². The molecule has 8 nitrogen and oxygen atoms in total. The van der Waals surface area contributed by atoms with Gasteiger partial charge in [0.25, 0.3) is 5.91 Å². The van der Waals surface area contributed by atoms with Crippen molar-refractivity contribution in [1.82, 2.24) is 25.0 Å². The summed E-state index contributed by atoms with van der Waals surface area (Å²) in [5.74, 6) is 4.00. The fraction of sp³-hybridized carbons (Fsp3) is 0.571. The Kier molecular flexibility index (Phi) is 6.29. The summed E-state index contributed by atoms with van der Waals surface area (Å²) in [6, 6.07) is 7.42. The number of nitrogens with zero attached hydrogens (tertiary/aromatic N) is 4. The first-order valence-electron chi connectivity index (χ1n) is 10.5. The van der Waals surface area contributed by atoms with E-state index in [0.717, 1.165) is 69.4 Å². The largest absolute Gasteiger partial charge is 0.494 e. The third kappa shape index (κ3) is 4.70. The average molecular weight is 399 g/mol. The highest BCUT2D eigenvalue weighted by atomic mass is 16.5. The molecule has 2 aliphatic heterocycles. The summed E-state index contributed by atoms with van der Waals surface area (Å²) in [6.07, 6.45) is 2.81. The van der Waals surface area contributed by atoms with Gasteiger partial charge in [0.2, 0.25) is 0 Å². The number of rotatable bonds is 7. The number of likely N-dealkylation sites (tertiary alicyclic amines) is 1. The van der Waals surface area contributed by atoms with Crippen LogP contribution in [0.3, 0.4) is 0 Å². The van der Waals surface area contributed by atoms with E-state index in [0.29, 0.717) is 18.3 Å². The first kappa shape index (κ1) is 19.7. The van der Waals surface area contributed by atoms with Gasteiger partial charge in [0.1, 0.15) is 23.1 Å². The van der Waals surface area contributed by atoms with Crippen LogP contribution >= 0.6 is 0 Å². The lowest BCUT2D eigenvalue weighted by Crippen LogP contribution is -2.41. The molecule has 2 aromatic rings.